The molecule has 92 valence electrons. The van der Waals surface area contributed by atoms with Gasteiger partial charge in [-0.3, -0.25) is 0 Å². The van der Waals surface area contributed by atoms with E-state index >= 15 is 0 Å². The highest BCUT2D eigenvalue weighted by Crippen LogP contribution is 2.28. The lowest BCUT2D eigenvalue weighted by Crippen LogP contribution is -2.44. The first-order valence-corrected chi connectivity index (χ1v) is 6.33. The second-order valence-electron chi connectivity index (χ2n) is 4.26. The molecule has 0 aromatic heterocycles. The van der Waals surface area contributed by atoms with Crippen LogP contribution >= 0.6 is 15.9 Å². The molecule has 0 unspecified atom stereocenters. The molecule has 1 aliphatic rings. The molecule has 17 heavy (non-hydrogen) atoms. The number of carbonyl (C=O) groups is 1. The molecule has 0 atom stereocenters. The molecule has 0 spiro atoms. The van der Waals surface area contributed by atoms with Crippen molar-refractivity contribution in [3.63, 3.8) is 0 Å². The van der Waals surface area contributed by atoms with Crippen molar-refractivity contribution in [2.75, 3.05) is 38.1 Å². The fourth-order valence-corrected chi connectivity index (χ4v) is 2.57. The van der Waals surface area contributed by atoms with Crippen LogP contribution in [0.1, 0.15) is 10.4 Å². The van der Waals surface area contributed by atoms with Crippen LogP contribution in [0.5, 0.6) is 0 Å². The summed E-state index contributed by atoms with van der Waals surface area (Å²) in [6, 6.07) is 5.19. The van der Waals surface area contributed by atoms with Gasteiger partial charge in [-0.05, 0) is 41.2 Å². The van der Waals surface area contributed by atoms with Crippen LogP contribution < -0.4 is 4.90 Å². The van der Waals surface area contributed by atoms with Gasteiger partial charge in [0, 0.05) is 30.7 Å². The van der Waals surface area contributed by atoms with Crippen LogP contribution in [0.2, 0.25) is 0 Å². The van der Waals surface area contributed by atoms with Crippen LogP contribution in [0, 0.1) is 0 Å². The lowest BCUT2D eigenvalue weighted by atomic mass is 10.2. The van der Waals surface area contributed by atoms with E-state index in [9.17, 15) is 4.79 Å². The Morgan fingerprint density at radius 3 is 2.47 bits per heavy atom. The number of anilines is 1. The van der Waals surface area contributed by atoms with E-state index in [1.165, 1.54) is 0 Å². The zero-order valence-electron chi connectivity index (χ0n) is 9.69. The summed E-state index contributed by atoms with van der Waals surface area (Å²) < 4.78 is 0.849. The number of halogens is 1. The number of hydrogen-bond acceptors (Lipinski definition) is 3. The van der Waals surface area contributed by atoms with Crippen molar-refractivity contribution in [3.05, 3.63) is 28.2 Å². The molecule has 1 N–H and O–H groups in total. The van der Waals surface area contributed by atoms with E-state index in [-0.39, 0.29) is 0 Å². The molecule has 0 amide bonds. The lowest BCUT2D eigenvalue weighted by molar-refractivity contribution is 0.0697. The van der Waals surface area contributed by atoms with E-state index in [0.717, 1.165) is 36.3 Å². The Kier molecular flexibility index (Phi) is 3.69. The maximum Gasteiger partial charge on any atom is 0.335 e. The molecule has 0 saturated carbocycles. The fourth-order valence-electron chi connectivity index (χ4n) is 1.94. The molecular formula is C12H15BrN2O2. The Balaban J connectivity index is 2.19. The van der Waals surface area contributed by atoms with Gasteiger partial charge in [-0.2, -0.15) is 0 Å². The van der Waals surface area contributed by atoms with Crippen LogP contribution in [0.25, 0.3) is 0 Å². The van der Waals surface area contributed by atoms with Gasteiger partial charge >= 0.3 is 5.97 Å². The van der Waals surface area contributed by atoms with E-state index in [4.69, 9.17) is 5.11 Å². The summed E-state index contributed by atoms with van der Waals surface area (Å²) in [6.45, 7) is 4.02. The molecule has 2 rings (SSSR count). The fraction of sp³-hybridized carbons (Fsp3) is 0.417. The molecule has 0 bridgehead atoms. The van der Waals surface area contributed by atoms with Crippen molar-refractivity contribution < 1.29 is 9.90 Å². The Morgan fingerprint density at radius 2 is 1.94 bits per heavy atom. The van der Waals surface area contributed by atoms with Gasteiger partial charge in [-0.1, -0.05) is 0 Å². The first kappa shape index (κ1) is 12.4. The minimum absolute atomic E-state index is 0.315. The summed E-state index contributed by atoms with van der Waals surface area (Å²) in [4.78, 5) is 15.4. The second kappa shape index (κ2) is 5.06. The standard InChI is InChI=1S/C12H15BrN2O2/c1-14-4-6-15(7-5-14)11-3-2-9(12(16)17)8-10(11)13/h2-3,8H,4-7H2,1H3,(H,16,17). The zero-order valence-corrected chi connectivity index (χ0v) is 11.3. The average Bonchev–Trinajstić information content (AvgIpc) is 2.30. The normalized spacial score (nSPS) is 17.2. The maximum absolute atomic E-state index is 10.8. The Bertz CT molecular complexity index is 429. The van der Waals surface area contributed by atoms with E-state index < -0.39 is 5.97 Å². The van der Waals surface area contributed by atoms with Gasteiger partial charge in [0.15, 0.2) is 0 Å². The van der Waals surface area contributed by atoms with Crippen LogP contribution in [-0.2, 0) is 0 Å². The molecule has 5 heteroatoms. The van der Waals surface area contributed by atoms with Crippen LogP contribution in [0.15, 0.2) is 22.7 Å². The third kappa shape index (κ3) is 2.79. The van der Waals surface area contributed by atoms with Gasteiger partial charge < -0.3 is 14.9 Å². The first-order valence-electron chi connectivity index (χ1n) is 5.54. The molecule has 1 fully saturated rings. The van der Waals surface area contributed by atoms with Gasteiger partial charge in [0.1, 0.15) is 0 Å². The van der Waals surface area contributed by atoms with Crippen molar-refractivity contribution in [1.29, 1.82) is 0 Å². The third-order valence-electron chi connectivity index (χ3n) is 3.04. The number of likely N-dealkylation sites (N-methyl/N-ethyl adjacent to an activating group) is 1. The number of benzene rings is 1. The molecule has 1 saturated heterocycles. The van der Waals surface area contributed by atoms with E-state index in [2.05, 4.69) is 32.8 Å². The molecule has 1 heterocycles. The monoisotopic (exact) mass is 298 g/mol. The molecule has 0 radical (unpaired) electrons. The number of piperazine rings is 1. The average molecular weight is 299 g/mol. The molecule has 4 nitrogen and oxygen atoms in total. The second-order valence-corrected chi connectivity index (χ2v) is 5.12. The van der Waals surface area contributed by atoms with Crippen LogP contribution in [0.4, 0.5) is 5.69 Å². The first-order chi connectivity index (χ1) is 8.08. The van der Waals surface area contributed by atoms with Gasteiger partial charge in [0.05, 0.1) is 11.3 Å². The number of rotatable bonds is 2. The van der Waals surface area contributed by atoms with Crippen molar-refractivity contribution in [1.82, 2.24) is 4.90 Å². The number of nitrogens with zero attached hydrogens (tertiary/aromatic N) is 2. The van der Waals surface area contributed by atoms with Crippen molar-refractivity contribution in [2.24, 2.45) is 0 Å². The highest BCUT2D eigenvalue weighted by Gasteiger charge is 2.17. The lowest BCUT2D eigenvalue weighted by Gasteiger charge is -2.34. The summed E-state index contributed by atoms with van der Waals surface area (Å²) in [5.41, 5.74) is 1.39. The topological polar surface area (TPSA) is 43.8 Å². The summed E-state index contributed by atoms with van der Waals surface area (Å²) >= 11 is 3.45. The SMILES string of the molecule is CN1CCN(c2ccc(C(=O)O)cc2Br)CC1. The largest absolute Gasteiger partial charge is 0.478 e. The van der Waals surface area contributed by atoms with E-state index in [1.54, 1.807) is 12.1 Å². The highest BCUT2D eigenvalue weighted by molar-refractivity contribution is 9.10. The van der Waals surface area contributed by atoms with Crippen molar-refractivity contribution in [2.45, 2.75) is 0 Å². The summed E-state index contributed by atoms with van der Waals surface area (Å²) in [6.07, 6.45) is 0. The number of hydrogen-bond donors (Lipinski definition) is 1. The number of carboxylic acids is 1. The number of carboxylic acid groups (broad SMARTS) is 1. The summed E-state index contributed by atoms with van der Waals surface area (Å²) in [5, 5.41) is 8.90. The molecule has 1 aromatic carbocycles. The highest BCUT2D eigenvalue weighted by atomic mass is 79.9. The van der Waals surface area contributed by atoms with Gasteiger partial charge in [-0.25, -0.2) is 4.79 Å². The molecular weight excluding hydrogens is 284 g/mol. The Labute approximate surface area is 109 Å². The third-order valence-corrected chi connectivity index (χ3v) is 3.67. The molecule has 1 aliphatic heterocycles. The Morgan fingerprint density at radius 1 is 1.29 bits per heavy atom. The van der Waals surface area contributed by atoms with Gasteiger partial charge in [0.25, 0.3) is 0 Å². The molecule has 1 aromatic rings. The summed E-state index contributed by atoms with van der Waals surface area (Å²) in [5.74, 6) is -0.893. The zero-order chi connectivity index (χ0) is 12.4. The predicted octanol–water partition coefficient (Wildman–Crippen LogP) is 1.90. The van der Waals surface area contributed by atoms with Crippen LogP contribution in [0.3, 0.4) is 0 Å². The van der Waals surface area contributed by atoms with Gasteiger partial charge in [0.2, 0.25) is 0 Å². The van der Waals surface area contributed by atoms with Crippen molar-refractivity contribution in [3.8, 4) is 0 Å². The Hall–Kier alpha value is -1.07. The smallest absolute Gasteiger partial charge is 0.335 e. The predicted molar refractivity (Wildman–Crippen MR) is 70.8 cm³/mol. The molecule has 0 aliphatic carbocycles. The summed E-state index contributed by atoms with van der Waals surface area (Å²) in [7, 11) is 2.11. The maximum atomic E-state index is 10.8. The minimum Gasteiger partial charge on any atom is -0.478 e. The number of aromatic carboxylic acids is 1. The quantitative estimate of drug-likeness (QED) is 0.906. The van der Waals surface area contributed by atoms with Crippen LogP contribution in [-0.4, -0.2) is 49.2 Å². The minimum atomic E-state index is -0.893. The van der Waals surface area contributed by atoms with Crippen molar-refractivity contribution >= 4 is 27.6 Å². The van der Waals surface area contributed by atoms with E-state index in [1.807, 2.05) is 6.07 Å². The van der Waals surface area contributed by atoms with Gasteiger partial charge in [-0.15, -0.1) is 0 Å². The van der Waals surface area contributed by atoms with E-state index in [0.29, 0.717) is 5.56 Å².